The Morgan fingerprint density at radius 1 is 1.36 bits per heavy atom. The molecule has 1 aromatic carbocycles. The van der Waals surface area contributed by atoms with Crippen LogP contribution in [-0.2, 0) is 0 Å². The number of hydrogen-bond acceptors (Lipinski definition) is 2. The van der Waals surface area contributed by atoms with Crippen LogP contribution < -0.4 is 10.2 Å². The Bertz CT molecular complexity index is 355. The Morgan fingerprint density at radius 3 is 2.79 bits per heavy atom. The molecular weight excluding hydrogens is 172 g/mol. The van der Waals surface area contributed by atoms with E-state index in [0.717, 1.165) is 6.54 Å². The summed E-state index contributed by atoms with van der Waals surface area (Å²) < 4.78 is 0. The lowest BCUT2D eigenvalue weighted by Crippen LogP contribution is -2.50. The van der Waals surface area contributed by atoms with Crippen LogP contribution in [0.1, 0.15) is 19.4 Å². The molecule has 0 saturated carbocycles. The molecule has 2 heteroatoms. The van der Waals surface area contributed by atoms with Gasteiger partial charge < -0.3 is 10.2 Å². The van der Waals surface area contributed by atoms with Crippen molar-refractivity contribution in [2.75, 3.05) is 23.8 Å². The lowest BCUT2D eigenvalue weighted by Gasteiger charge is -2.43. The standard InChI is InChI=1S/C12H18N2/c1-9-5-6-10-11(7-9)14(4)12(2,3)8-13-10/h5-7,13H,8H2,1-4H3. The van der Waals surface area contributed by atoms with Crippen LogP contribution in [0.5, 0.6) is 0 Å². The topological polar surface area (TPSA) is 15.3 Å². The molecule has 0 atom stereocenters. The van der Waals surface area contributed by atoms with Crippen LogP contribution in [0.15, 0.2) is 18.2 Å². The number of hydrogen-bond donors (Lipinski definition) is 1. The Morgan fingerprint density at radius 2 is 2.07 bits per heavy atom. The zero-order chi connectivity index (χ0) is 10.3. The molecule has 1 aromatic rings. The molecule has 0 aliphatic carbocycles. The number of nitrogens with one attached hydrogen (secondary N) is 1. The number of benzene rings is 1. The molecule has 76 valence electrons. The molecule has 2 rings (SSSR count). The molecule has 1 N–H and O–H groups in total. The first-order chi connectivity index (χ1) is 6.50. The third kappa shape index (κ3) is 1.35. The number of anilines is 2. The van der Waals surface area contributed by atoms with Gasteiger partial charge in [0.1, 0.15) is 0 Å². The van der Waals surface area contributed by atoms with E-state index in [0.29, 0.717) is 0 Å². The summed E-state index contributed by atoms with van der Waals surface area (Å²) >= 11 is 0. The van der Waals surface area contributed by atoms with Crippen molar-refractivity contribution in [2.45, 2.75) is 26.3 Å². The minimum atomic E-state index is 0.195. The third-order valence-electron chi connectivity index (χ3n) is 3.13. The first kappa shape index (κ1) is 9.38. The highest BCUT2D eigenvalue weighted by Gasteiger charge is 2.29. The maximum absolute atomic E-state index is 3.47. The first-order valence-corrected chi connectivity index (χ1v) is 5.09. The minimum Gasteiger partial charge on any atom is -0.381 e. The molecule has 0 aromatic heterocycles. The van der Waals surface area contributed by atoms with Crippen LogP contribution in [0, 0.1) is 6.92 Å². The molecule has 0 spiro atoms. The second-order valence-corrected chi connectivity index (χ2v) is 4.75. The Balaban J connectivity index is 2.48. The largest absolute Gasteiger partial charge is 0.381 e. The van der Waals surface area contributed by atoms with Crippen LogP contribution in [-0.4, -0.2) is 19.1 Å². The molecule has 0 fully saturated rings. The highest BCUT2D eigenvalue weighted by molar-refractivity contribution is 5.74. The molecule has 0 unspecified atom stereocenters. The maximum atomic E-state index is 3.47. The molecule has 0 bridgehead atoms. The number of aryl methyl sites for hydroxylation is 1. The van der Waals surface area contributed by atoms with Crippen molar-refractivity contribution in [2.24, 2.45) is 0 Å². The summed E-state index contributed by atoms with van der Waals surface area (Å²) in [6.45, 7) is 7.64. The van der Waals surface area contributed by atoms with E-state index in [1.54, 1.807) is 0 Å². The normalized spacial score (nSPS) is 18.7. The predicted octanol–water partition coefficient (Wildman–Crippen LogP) is 2.64. The van der Waals surface area contributed by atoms with Crippen LogP contribution in [0.3, 0.4) is 0 Å². The summed E-state index contributed by atoms with van der Waals surface area (Å²) in [5.74, 6) is 0. The van der Waals surface area contributed by atoms with Crippen LogP contribution in [0.2, 0.25) is 0 Å². The molecule has 0 saturated heterocycles. The smallest absolute Gasteiger partial charge is 0.0607 e. The van der Waals surface area contributed by atoms with Crippen LogP contribution in [0.25, 0.3) is 0 Å². The highest BCUT2D eigenvalue weighted by Crippen LogP contribution is 2.35. The summed E-state index contributed by atoms with van der Waals surface area (Å²) in [7, 11) is 2.17. The van der Waals surface area contributed by atoms with E-state index in [2.05, 4.69) is 56.2 Å². The first-order valence-electron chi connectivity index (χ1n) is 5.09. The van der Waals surface area contributed by atoms with Crippen molar-refractivity contribution >= 4 is 11.4 Å². The molecule has 1 heterocycles. The predicted molar refractivity (Wildman–Crippen MR) is 62.2 cm³/mol. The lowest BCUT2D eigenvalue weighted by atomic mass is 9.98. The quantitative estimate of drug-likeness (QED) is 0.676. The van der Waals surface area contributed by atoms with E-state index in [-0.39, 0.29) is 5.54 Å². The minimum absolute atomic E-state index is 0.195. The second kappa shape index (κ2) is 2.91. The summed E-state index contributed by atoms with van der Waals surface area (Å²) in [5.41, 5.74) is 4.06. The van der Waals surface area contributed by atoms with Gasteiger partial charge in [-0.3, -0.25) is 0 Å². The zero-order valence-electron chi connectivity index (χ0n) is 9.39. The number of nitrogens with zero attached hydrogens (tertiary/aromatic N) is 1. The highest BCUT2D eigenvalue weighted by atomic mass is 15.2. The van der Waals surface area contributed by atoms with E-state index in [1.807, 2.05) is 0 Å². The lowest BCUT2D eigenvalue weighted by molar-refractivity contribution is 0.502. The van der Waals surface area contributed by atoms with E-state index in [1.165, 1.54) is 16.9 Å². The van der Waals surface area contributed by atoms with Gasteiger partial charge in [0.15, 0.2) is 0 Å². The third-order valence-corrected chi connectivity index (χ3v) is 3.13. The SMILES string of the molecule is Cc1ccc2c(c1)N(C)C(C)(C)CN2. The molecule has 0 amide bonds. The average molecular weight is 190 g/mol. The van der Waals surface area contributed by atoms with Gasteiger partial charge in [0.05, 0.1) is 16.9 Å². The number of fused-ring (bicyclic) bond motifs is 1. The van der Waals surface area contributed by atoms with Crippen molar-refractivity contribution in [1.29, 1.82) is 0 Å². The summed E-state index contributed by atoms with van der Waals surface area (Å²) in [6, 6.07) is 6.55. The fraction of sp³-hybridized carbons (Fsp3) is 0.500. The summed E-state index contributed by atoms with van der Waals surface area (Å²) in [4.78, 5) is 2.35. The molecule has 0 radical (unpaired) electrons. The molecule has 1 aliphatic rings. The Kier molecular flexibility index (Phi) is 1.95. The number of rotatable bonds is 0. The van der Waals surface area contributed by atoms with Gasteiger partial charge in [0.25, 0.3) is 0 Å². The average Bonchev–Trinajstić information content (AvgIpc) is 2.13. The van der Waals surface area contributed by atoms with E-state index < -0.39 is 0 Å². The molecule has 14 heavy (non-hydrogen) atoms. The molecule has 2 nitrogen and oxygen atoms in total. The van der Waals surface area contributed by atoms with Gasteiger partial charge in [0, 0.05) is 13.6 Å². The second-order valence-electron chi connectivity index (χ2n) is 4.75. The van der Waals surface area contributed by atoms with Crippen molar-refractivity contribution in [1.82, 2.24) is 0 Å². The van der Waals surface area contributed by atoms with Gasteiger partial charge in [-0.2, -0.15) is 0 Å². The van der Waals surface area contributed by atoms with Crippen molar-refractivity contribution in [3.63, 3.8) is 0 Å². The molecule has 1 aliphatic heterocycles. The van der Waals surface area contributed by atoms with Crippen LogP contribution in [0.4, 0.5) is 11.4 Å². The maximum Gasteiger partial charge on any atom is 0.0607 e. The monoisotopic (exact) mass is 190 g/mol. The Hall–Kier alpha value is -1.18. The zero-order valence-corrected chi connectivity index (χ0v) is 9.39. The van der Waals surface area contributed by atoms with Crippen molar-refractivity contribution in [3.05, 3.63) is 23.8 Å². The van der Waals surface area contributed by atoms with Gasteiger partial charge >= 0.3 is 0 Å². The van der Waals surface area contributed by atoms with Gasteiger partial charge in [0.2, 0.25) is 0 Å². The molecular formula is C12H18N2. The van der Waals surface area contributed by atoms with Crippen molar-refractivity contribution in [3.8, 4) is 0 Å². The van der Waals surface area contributed by atoms with E-state index in [9.17, 15) is 0 Å². The fourth-order valence-electron chi connectivity index (χ4n) is 1.82. The van der Waals surface area contributed by atoms with Crippen LogP contribution >= 0.6 is 0 Å². The van der Waals surface area contributed by atoms with E-state index >= 15 is 0 Å². The Labute approximate surface area is 85.9 Å². The fourth-order valence-corrected chi connectivity index (χ4v) is 1.82. The van der Waals surface area contributed by atoms with Gasteiger partial charge in [-0.1, -0.05) is 6.07 Å². The van der Waals surface area contributed by atoms with Gasteiger partial charge in [-0.05, 0) is 38.5 Å². The summed E-state index contributed by atoms with van der Waals surface area (Å²) in [6.07, 6.45) is 0. The number of likely N-dealkylation sites (N-methyl/N-ethyl adjacent to an activating group) is 1. The summed E-state index contributed by atoms with van der Waals surface area (Å²) in [5, 5.41) is 3.47. The van der Waals surface area contributed by atoms with Gasteiger partial charge in [-0.15, -0.1) is 0 Å². The van der Waals surface area contributed by atoms with E-state index in [4.69, 9.17) is 0 Å². The van der Waals surface area contributed by atoms with Gasteiger partial charge in [-0.25, -0.2) is 0 Å². The van der Waals surface area contributed by atoms with Crippen molar-refractivity contribution < 1.29 is 0 Å².